The summed E-state index contributed by atoms with van der Waals surface area (Å²) in [5.74, 6) is -0.367. The van der Waals surface area contributed by atoms with Gasteiger partial charge < -0.3 is 24.2 Å². The minimum atomic E-state index is -4.46. The van der Waals surface area contributed by atoms with Gasteiger partial charge >= 0.3 is 12.2 Å². The maximum absolute atomic E-state index is 13.3. The average Bonchev–Trinajstić information content (AvgIpc) is 3.30. The van der Waals surface area contributed by atoms with E-state index >= 15 is 0 Å². The van der Waals surface area contributed by atoms with Crippen molar-refractivity contribution in [1.82, 2.24) is 19.9 Å². The number of aliphatic hydroxyl groups is 1. The van der Waals surface area contributed by atoms with Crippen molar-refractivity contribution in [3.05, 3.63) is 47.1 Å². The number of likely N-dealkylation sites (tertiary alicyclic amines) is 1. The van der Waals surface area contributed by atoms with Crippen molar-refractivity contribution in [2.45, 2.75) is 43.9 Å². The molecule has 1 aromatic heterocycles. The Bertz CT molecular complexity index is 983. The third-order valence-electron chi connectivity index (χ3n) is 6.03. The number of alkyl halides is 3. The number of benzene rings is 1. The number of nitrogens with zero attached hydrogens (tertiary/aromatic N) is 4. The molecular formula is C22H27F3N4O4. The second-order valence-corrected chi connectivity index (χ2v) is 9.05. The first kappa shape index (κ1) is 23.5. The number of halogens is 3. The summed E-state index contributed by atoms with van der Waals surface area (Å²) >= 11 is 0. The van der Waals surface area contributed by atoms with E-state index in [2.05, 4.69) is 10.1 Å². The van der Waals surface area contributed by atoms with Crippen LogP contribution in [0.25, 0.3) is 0 Å². The molecule has 3 heterocycles. The lowest BCUT2D eigenvalue weighted by Crippen LogP contribution is -2.52. The molecule has 0 spiro atoms. The molecule has 2 atom stereocenters. The Morgan fingerprint density at radius 1 is 1.12 bits per heavy atom. The number of rotatable bonds is 3. The van der Waals surface area contributed by atoms with Gasteiger partial charge in [-0.25, -0.2) is 4.79 Å². The number of amides is 2. The van der Waals surface area contributed by atoms with Crippen molar-refractivity contribution in [2.24, 2.45) is 0 Å². The van der Waals surface area contributed by atoms with Crippen LogP contribution in [-0.2, 0) is 16.5 Å². The summed E-state index contributed by atoms with van der Waals surface area (Å²) in [6.45, 7) is 5.43. The van der Waals surface area contributed by atoms with Gasteiger partial charge in [-0.3, -0.25) is 0 Å². The van der Waals surface area contributed by atoms with Crippen LogP contribution < -0.4 is 0 Å². The first-order chi connectivity index (χ1) is 15.5. The molecular weight excluding hydrogens is 441 g/mol. The summed E-state index contributed by atoms with van der Waals surface area (Å²) in [6, 6.07) is 5.02. The Balaban J connectivity index is 1.63. The molecule has 2 aliphatic heterocycles. The second kappa shape index (κ2) is 8.94. The van der Waals surface area contributed by atoms with Gasteiger partial charge in [-0.2, -0.15) is 18.2 Å². The van der Waals surface area contributed by atoms with Gasteiger partial charge in [0.05, 0.1) is 24.7 Å². The van der Waals surface area contributed by atoms with E-state index in [9.17, 15) is 23.1 Å². The van der Waals surface area contributed by atoms with Gasteiger partial charge in [-0.15, -0.1) is 0 Å². The SMILES string of the molecule is CC(C)(O)c1noc(C2CC(c3cccc(C(F)(F)F)c3)CN(C(=O)N3CCOCC3)C2)n1. The first-order valence-corrected chi connectivity index (χ1v) is 10.9. The van der Waals surface area contributed by atoms with Crippen LogP contribution in [0.1, 0.15) is 54.9 Å². The second-order valence-electron chi connectivity index (χ2n) is 9.05. The zero-order valence-electron chi connectivity index (χ0n) is 18.5. The minimum Gasteiger partial charge on any atom is -0.382 e. The summed E-state index contributed by atoms with van der Waals surface area (Å²) in [5, 5.41) is 14.0. The molecule has 0 radical (unpaired) electrons. The van der Waals surface area contributed by atoms with E-state index in [1.165, 1.54) is 19.9 Å². The first-order valence-electron chi connectivity index (χ1n) is 10.9. The summed E-state index contributed by atoms with van der Waals surface area (Å²) in [7, 11) is 0. The number of morpholine rings is 1. The molecule has 0 bridgehead atoms. The fourth-order valence-corrected chi connectivity index (χ4v) is 4.25. The Kier molecular flexibility index (Phi) is 6.37. The maximum atomic E-state index is 13.3. The predicted octanol–water partition coefficient (Wildman–Crippen LogP) is 3.34. The van der Waals surface area contributed by atoms with Crippen molar-refractivity contribution in [2.75, 3.05) is 39.4 Å². The number of hydrogen-bond donors (Lipinski definition) is 1. The molecule has 1 aromatic carbocycles. The molecule has 2 amide bonds. The van der Waals surface area contributed by atoms with E-state index in [0.29, 0.717) is 44.8 Å². The molecule has 1 N–H and O–H groups in total. The zero-order chi connectivity index (χ0) is 23.8. The van der Waals surface area contributed by atoms with Crippen molar-refractivity contribution >= 4 is 6.03 Å². The molecule has 2 unspecified atom stereocenters. The fraction of sp³-hybridized carbons (Fsp3) is 0.591. The molecule has 4 rings (SSSR count). The lowest BCUT2D eigenvalue weighted by Gasteiger charge is -2.40. The van der Waals surface area contributed by atoms with Crippen LogP contribution in [0.15, 0.2) is 28.8 Å². The molecule has 0 aliphatic carbocycles. The number of carbonyl (C=O) groups excluding carboxylic acids is 1. The van der Waals surface area contributed by atoms with Crippen LogP contribution in [0.3, 0.4) is 0 Å². The molecule has 2 aromatic rings. The van der Waals surface area contributed by atoms with Crippen molar-refractivity contribution in [3.8, 4) is 0 Å². The van der Waals surface area contributed by atoms with Gasteiger partial charge in [0.1, 0.15) is 5.60 Å². The molecule has 0 saturated carbocycles. The molecule has 180 valence electrons. The number of aromatic nitrogens is 2. The molecule has 33 heavy (non-hydrogen) atoms. The summed E-state index contributed by atoms with van der Waals surface area (Å²) in [4.78, 5) is 20.8. The highest BCUT2D eigenvalue weighted by atomic mass is 19.4. The molecule has 11 heteroatoms. The maximum Gasteiger partial charge on any atom is 0.416 e. The predicted molar refractivity (Wildman–Crippen MR) is 110 cm³/mol. The number of hydrogen-bond acceptors (Lipinski definition) is 6. The number of ether oxygens (including phenoxy) is 1. The van der Waals surface area contributed by atoms with Gasteiger partial charge in [0, 0.05) is 32.1 Å². The van der Waals surface area contributed by atoms with Crippen LogP contribution in [-0.4, -0.2) is 70.5 Å². The van der Waals surface area contributed by atoms with Crippen LogP contribution in [0.5, 0.6) is 0 Å². The normalized spacial score (nSPS) is 22.5. The molecule has 8 nitrogen and oxygen atoms in total. The Labute approximate surface area is 189 Å². The van der Waals surface area contributed by atoms with Crippen LogP contribution >= 0.6 is 0 Å². The summed E-state index contributed by atoms with van der Waals surface area (Å²) < 4.78 is 50.6. The van der Waals surface area contributed by atoms with E-state index in [1.807, 2.05) is 0 Å². The fourth-order valence-electron chi connectivity index (χ4n) is 4.25. The van der Waals surface area contributed by atoms with E-state index in [4.69, 9.17) is 9.26 Å². The van der Waals surface area contributed by atoms with E-state index in [-0.39, 0.29) is 36.1 Å². The summed E-state index contributed by atoms with van der Waals surface area (Å²) in [6.07, 6.45) is -4.02. The number of carbonyl (C=O) groups is 1. The van der Waals surface area contributed by atoms with Gasteiger partial charge in [-0.05, 0) is 31.9 Å². The third-order valence-corrected chi connectivity index (χ3v) is 6.03. The monoisotopic (exact) mass is 468 g/mol. The Morgan fingerprint density at radius 2 is 1.82 bits per heavy atom. The van der Waals surface area contributed by atoms with Gasteiger partial charge in [0.15, 0.2) is 0 Å². The smallest absolute Gasteiger partial charge is 0.382 e. The highest BCUT2D eigenvalue weighted by molar-refractivity contribution is 5.75. The topological polar surface area (TPSA) is 91.9 Å². The van der Waals surface area contributed by atoms with Crippen molar-refractivity contribution in [3.63, 3.8) is 0 Å². The van der Waals surface area contributed by atoms with Crippen molar-refractivity contribution in [1.29, 1.82) is 0 Å². The van der Waals surface area contributed by atoms with Crippen LogP contribution in [0.4, 0.5) is 18.0 Å². The quantitative estimate of drug-likeness (QED) is 0.743. The van der Waals surface area contributed by atoms with Crippen molar-refractivity contribution < 1.29 is 32.3 Å². The van der Waals surface area contributed by atoms with Gasteiger partial charge in [0.2, 0.25) is 11.7 Å². The van der Waals surface area contributed by atoms with Crippen LogP contribution in [0, 0.1) is 0 Å². The van der Waals surface area contributed by atoms with E-state index < -0.39 is 17.3 Å². The summed E-state index contributed by atoms with van der Waals surface area (Å²) in [5.41, 5.74) is -1.54. The third kappa shape index (κ3) is 5.30. The molecule has 2 aliphatic rings. The Morgan fingerprint density at radius 3 is 2.45 bits per heavy atom. The largest absolute Gasteiger partial charge is 0.416 e. The average molecular weight is 468 g/mol. The number of piperidine rings is 1. The van der Waals surface area contributed by atoms with E-state index in [1.54, 1.807) is 15.9 Å². The lowest BCUT2D eigenvalue weighted by molar-refractivity contribution is -0.137. The minimum absolute atomic E-state index is 0.116. The van der Waals surface area contributed by atoms with Gasteiger partial charge in [-0.1, -0.05) is 23.4 Å². The standard InChI is InChI=1S/C22H27F3N4O4/c1-21(2,31)19-26-18(33-27-19)16-10-15(14-4-3-5-17(11-14)22(23,24)25)12-29(13-16)20(30)28-6-8-32-9-7-28/h3-5,11,15-16,31H,6-10,12-13H2,1-2H3. The molecule has 2 fully saturated rings. The Hall–Kier alpha value is -2.66. The zero-order valence-corrected chi connectivity index (χ0v) is 18.5. The highest BCUT2D eigenvalue weighted by Gasteiger charge is 2.38. The van der Waals surface area contributed by atoms with E-state index in [0.717, 1.165) is 12.1 Å². The van der Waals surface area contributed by atoms with Gasteiger partial charge in [0.25, 0.3) is 0 Å². The lowest BCUT2D eigenvalue weighted by atomic mass is 9.84. The number of urea groups is 1. The molecule has 2 saturated heterocycles. The van der Waals surface area contributed by atoms with Crippen LogP contribution in [0.2, 0.25) is 0 Å². The highest BCUT2D eigenvalue weighted by Crippen LogP contribution is 2.38.